The third-order valence-electron chi connectivity index (χ3n) is 5.29. The second-order valence-corrected chi connectivity index (χ2v) is 7.89. The van der Waals surface area contributed by atoms with Crippen molar-refractivity contribution in [3.63, 3.8) is 0 Å². The summed E-state index contributed by atoms with van der Waals surface area (Å²) in [6.45, 7) is 0.588. The zero-order valence-corrected chi connectivity index (χ0v) is 17.3. The molecule has 1 fully saturated rings. The number of ether oxygens (including phenoxy) is 1. The summed E-state index contributed by atoms with van der Waals surface area (Å²) < 4.78 is 18.4. The summed E-state index contributed by atoms with van der Waals surface area (Å²) in [4.78, 5) is 29.4. The van der Waals surface area contributed by atoms with E-state index in [1.807, 2.05) is 30.5 Å². The Balaban J connectivity index is 1.32. The van der Waals surface area contributed by atoms with Crippen LogP contribution in [0.5, 0.6) is 0 Å². The number of halogens is 2. The number of rotatable bonds is 6. The third kappa shape index (κ3) is 4.65. The zero-order valence-electron chi connectivity index (χ0n) is 16.5. The van der Waals surface area contributed by atoms with E-state index in [-0.39, 0.29) is 24.5 Å². The largest absolute Gasteiger partial charge is 0.410 e. The fourth-order valence-electron chi connectivity index (χ4n) is 3.72. The molecule has 0 saturated carbocycles. The highest BCUT2D eigenvalue weighted by atomic mass is 35.5. The fraction of sp³-hybridized carbons (Fsp3) is 0.273. The topological polar surface area (TPSA) is 94.7 Å². The van der Waals surface area contributed by atoms with Crippen LogP contribution < -0.4 is 5.32 Å². The summed E-state index contributed by atoms with van der Waals surface area (Å²) in [7, 11) is 0. The molecule has 0 unspecified atom stereocenters. The van der Waals surface area contributed by atoms with Gasteiger partial charge in [-0.05, 0) is 41.8 Å². The van der Waals surface area contributed by atoms with E-state index in [1.165, 1.54) is 17.0 Å². The van der Waals surface area contributed by atoms with Gasteiger partial charge in [0.1, 0.15) is 5.82 Å². The Hall–Kier alpha value is -3.10. The zero-order chi connectivity index (χ0) is 22.0. The number of amides is 2. The number of para-hydroxylation sites is 1. The Bertz CT molecular complexity index is 1110. The van der Waals surface area contributed by atoms with E-state index >= 15 is 0 Å². The fourth-order valence-corrected chi connectivity index (χ4v) is 3.96. The minimum atomic E-state index is -2.22. The molecule has 2 amide bonds. The van der Waals surface area contributed by atoms with Gasteiger partial charge < -0.3 is 25.0 Å². The van der Waals surface area contributed by atoms with Gasteiger partial charge in [-0.2, -0.15) is 0 Å². The molecule has 0 aliphatic carbocycles. The van der Waals surface area contributed by atoms with Gasteiger partial charge in [0.15, 0.2) is 0 Å². The van der Waals surface area contributed by atoms with E-state index in [0.717, 1.165) is 22.5 Å². The SMILES string of the molecule is O=C(NCc1cc(F)cc(Cl)c1)O[C@@]1(O)CCN(CCc2c[nH]c3ccccc23)C1=O. The van der Waals surface area contributed by atoms with Crippen LogP contribution in [-0.2, 0) is 22.5 Å². The van der Waals surface area contributed by atoms with Gasteiger partial charge in [0.05, 0.1) is 0 Å². The summed E-state index contributed by atoms with van der Waals surface area (Å²) in [6, 6.07) is 11.7. The Labute approximate surface area is 182 Å². The number of hydrogen-bond acceptors (Lipinski definition) is 4. The normalized spacial score (nSPS) is 18.5. The van der Waals surface area contributed by atoms with Gasteiger partial charge >= 0.3 is 6.09 Å². The Kier molecular flexibility index (Phi) is 5.84. The predicted molar refractivity (Wildman–Crippen MR) is 113 cm³/mol. The van der Waals surface area contributed by atoms with Crippen molar-refractivity contribution in [3.05, 3.63) is 70.6 Å². The molecular formula is C22H21ClFN3O4. The van der Waals surface area contributed by atoms with Crippen LogP contribution in [0.25, 0.3) is 10.9 Å². The third-order valence-corrected chi connectivity index (χ3v) is 5.51. The first-order valence-corrected chi connectivity index (χ1v) is 10.2. The van der Waals surface area contributed by atoms with E-state index in [4.69, 9.17) is 16.3 Å². The second kappa shape index (κ2) is 8.56. The molecule has 2 heterocycles. The van der Waals surface area contributed by atoms with Crippen LogP contribution in [0.2, 0.25) is 5.02 Å². The molecule has 0 bridgehead atoms. The van der Waals surface area contributed by atoms with Crippen molar-refractivity contribution in [1.82, 2.24) is 15.2 Å². The first-order valence-electron chi connectivity index (χ1n) is 9.83. The molecule has 0 radical (unpaired) electrons. The van der Waals surface area contributed by atoms with Crippen LogP contribution in [0.4, 0.5) is 9.18 Å². The molecule has 7 nitrogen and oxygen atoms in total. The lowest BCUT2D eigenvalue weighted by Crippen LogP contribution is -2.46. The number of aliphatic hydroxyl groups is 1. The number of aromatic nitrogens is 1. The van der Waals surface area contributed by atoms with E-state index in [2.05, 4.69) is 10.3 Å². The molecule has 3 aromatic rings. The number of fused-ring (bicyclic) bond motifs is 1. The molecule has 1 saturated heterocycles. The van der Waals surface area contributed by atoms with Crippen molar-refractivity contribution in [2.24, 2.45) is 0 Å². The number of H-pyrrole nitrogens is 1. The summed E-state index contributed by atoms with van der Waals surface area (Å²) in [5.41, 5.74) is 2.50. The van der Waals surface area contributed by atoms with Crippen LogP contribution in [0.1, 0.15) is 17.5 Å². The first kappa shape index (κ1) is 21.1. The van der Waals surface area contributed by atoms with Gasteiger partial charge in [0.25, 0.3) is 11.7 Å². The average molecular weight is 446 g/mol. The molecule has 162 valence electrons. The average Bonchev–Trinajstić information content (AvgIpc) is 3.26. The second-order valence-electron chi connectivity index (χ2n) is 7.46. The van der Waals surface area contributed by atoms with Gasteiger partial charge in [0.2, 0.25) is 0 Å². The molecule has 1 aliphatic heterocycles. The van der Waals surface area contributed by atoms with Gasteiger partial charge in [-0.3, -0.25) is 4.79 Å². The maximum atomic E-state index is 13.4. The Morgan fingerprint density at radius 1 is 1.32 bits per heavy atom. The van der Waals surface area contributed by atoms with Crippen molar-refractivity contribution in [3.8, 4) is 0 Å². The summed E-state index contributed by atoms with van der Waals surface area (Å²) in [5, 5.41) is 14.2. The van der Waals surface area contributed by atoms with Crippen molar-refractivity contribution >= 4 is 34.5 Å². The maximum Gasteiger partial charge on any atom is 0.410 e. The number of likely N-dealkylation sites (tertiary alicyclic amines) is 1. The Morgan fingerprint density at radius 2 is 2.13 bits per heavy atom. The Morgan fingerprint density at radius 3 is 2.94 bits per heavy atom. The standard InChI is InChI=1S/C22H21ClFN3O4/c23-16-9-14(10-17(24)11-16)12-26-21(29)31-22(30)6-8-27(20(22)28)7-5-15-13-25-19-4-2-1-3-18(15)19/h1-4,9-11,13,25,30H,5-8,12H2,(H,26,29)/t22-/m0/s1. The molecule has 1 atom stereocenters. The summed E-state index contributed by atoms with van der Waals surface area (Å²) in [6.07, 6.45) is 1.49. The number of alkyl carbamates (subject to hydrolysis) is 1. The summed E-state index contributed by atoms with van der Waals surface area (Å²) >= 11 is 5.78. The first-order chi connectivity index (χ1) is 14.8. The number of nitrogens with one attached hydrogen (secondary N) is 2. The molecule has 31 heavy (non-hydrogen) atoms. The van der Waals surface area contributed by atoms with E-state index in [1.54, 1.807) is 0 Å². The monoisotopic (exact) mass is 445 g/mol. The van der Waals surface area contributed by atoms with Gasteiger partial charge in [0, 0.05) is 48.2 Å². The van der Waals surface area contributed by atoms with E-state index < -0.39 is 23.6 Å². The smallest absolute Gasteiger partial charge is 0.407 e. The molecular weight excluding hydrogens is 425 g/mol. The van der Waals surface area contributed by atoms with Crippen LogP contribution in [0.3, 0.4) is 0 Å². The molecule has 1 aromatic heterocycles. The number of nitrogens with zero attached hydrogens (tertiary/aromatic N) is 1. The van der Waals surface area contributed by atoms with Crippen molar-refractivity contribution in [2.75, 3.05) is 13.1 Å². The van der Waals surface area contributed by atoms with Gasteiger partial charge in [-0.25, -0.2) is 9.18 Å². The molecule has 3 N–H and O–H groups in total. The number of benzene rings is 2. The lowest BCUT2D eigenvalue weighted by molar-refractivity contribution is -0.182. The van der Waals surface area contributed by atoms with Crippen molar-refractivity contribution in [1.29, 1.82) is 0 Å². The van der Waals surface area contributed by atoms with Gasteiger partial charge in [-0.1, -0.05) is 29.8 Å². The highest BCUT2D eigenvalue weighted by Gasteiger charge is 2.48. The number of hydrogen-bond donors (Lipinski definition) is 3. The number of aromatic amines is 1. The van der Waals surface area contributed by atoms with Crippen LogP contribution in [0.15, 0.2) is 48.7 Å². The van der Waals surface area contributed by atoms with Crippen molar-refractivity contribution in [2.45, 2.75) is 25.2 Å². The summed E-state index contributed by atoms with van der Waals surface area (Å²) in [5.74, 6) is -3.41. The van der Waals surface area contributed by atoms with Crippen LogP contribution in [-0.4, -0.2) is 45.9 Å². The molecule has 0 spiro atoms. The molecule has 2 aromatic carbocycles. The molecule has 1 aliphatic rings. The molecule has 4 rings (SSSR count). The van der Waals surface area contributed by atoms with Crippen LogP contribution in [0, 0.1) is 5.82 Å². The van der Waals surface area contributed by atoms with Crippen molar-refractivity contribution < 1.29 is 23.8 Å². The minimum absolute atomic E-state index is 0.0288. The predicted octanol–water partition coefficient (Wildman–Crippen LogP) is 3.35. The highest BCUT2D eigenvalue weighted by Crippen LogP contribution is 2.26. The van der Waals surface area contributed by atoms with Crippen LogP contribution >= 0.6 is 11.6 Å². The highest BCUT2D eigenvalue weighted by molar-refractivity contribution is 6.30. The van der Waals surface area contributed by atoms with Gasteiger partial charge in [-0.15, -0.1) is 0 Å². The minimum Gasteiger partial charge on any atom is -0.407 e. The lowest BCUT2D eigenvalue weighted by atomic mass is 10.1. The number of carbonyl (C=O) groups excluding carboxylic acids is 2. The maximum absolute atomic E-state index is 13.4. The van der Waals surface area contributed by atoms with E-state index in [9.17, 15) is 19.1 Å². The molecule has 9 heteroatoms. The quantitative estimate of drug-likeness (QED) is 0.507. The lowest BCUT2D eigenvalue weighted by Gasteiger charge is -2.22. The van der Waals surface area contributed by atoms with E-state index in [0.29, 0.717) is 18.5 Å². The number of carbonyl (C=O) groups is 2.